The third-order valence-corrected chi connectivity index (χ3v) is 2.43. The Labute approximate surface area is 80.9 Å². The number of rotatable bonds is 1. The monoisotopic (exact) mass is 192 g/mol. The lowest BCUT2D eigenvalue weighted by atomic mass is 10.1. The minimum atomic E-state index is -0.238. The Hall–Kier alpha value is -1.35. The summed E-state index contributed by atoms with van der Waals surface area (Å²) in [7, 11) is 0. The fourth-order valence-corrected chi connectivity index (χ4v) is 1.59. The van der Waals surface area contributed by atoms with Crippen LogP contribution < -0.4 is 4.74 Å². The summed E-state index contributed by atoms with van der Waals surface area (Å²) in [5, 5.41) is 0. The molecule has 0 bridgehead atoms. The van der Waals surface area contributed by atoms with E-state index in [0.29, 0.717) is 0 Å². The van der Waals surface area contributed by atoms with Crippen molar-refractivity contribution < 1.29 is 13.9 Å². The third-order valence-electron chi connectivity index (χ3n) is 2.43. The van der Waals surface area contributed by atoms with E-state index in [4.69, 9.17) is 9.47 Å². The number of halogens is 1. The zero-order valence-electron chi connectivity index (χ0n) is 7.44. The molecule has 0 amide bonds. The maximum Gasteiger partial charge on any atom is 0.146 e. The van der Waals surface area contributed by atoms with Gasteiger partial charge in [0.05, 0.1) is 6.61 Å². The smallest absolute Gasteiger partial charge is 0.146 e. The molecule has 2 atom stereocenters. The van der Waals surface area contributed by atoms with Crippen molar-refractivity contribution in [3.63, 3.8) is 0 Å². The van der Waals surface area contributed by atoms with Crippen molar-refractivity contribution in [1.29, 1.82) is 0 Å². The largest absolute Gasteiger partial charge is 0.483 e. The topological polar surface area (TPSA) is 21.8 Å². The first kappa shape index (κ1) is 8.00. The van der Waals surface area contributed by atoms with Gasteiger partial charge in [0, 0.05) is 5.56 Å². The molecule has 0 radical (unpaired) electrons. The summed E-state index contributed by atoms with van der Waals surface area (Å²) in [5.74, 6) is 0.493. The van der Waals surface area contributed by atoms with Gasteiger partial charge in [0.25, 0.3) is 0 Å². The molecule has 2 heterocycles. The highest BCUT2D eigenvalue weighted by molar-refractivity contribution is 5.60. The first-order valence-electron chi connectivity index (χ1n) is 4.59. The first-order chi connectivity index (χ1) is 6.83. The van der Waals surface area contributed by atoms with Gasteiger partial charge >= 0.3 is 0 Å². The van der Waals surface area contributed by atoms with Crippen LogP contribution in [0.3, 0.4) is 0 Å². The summed E-state index contributed by atoms with van der Waals surface area (Å²) in [6.07, 6.45) is 3.98. The first-order valence-corrected chi connectivity index (χ1v) is 4.59. The number of fused-ring (bicyclic) bond motifs is 1. The fourth-order valence-electron chi connectivity index (χ4n) is 1.59. The Kier molecular flexibility index (Phi) is 1.61. The molecular weight excluding hydrogens is 183 g/mol. The van der Waals surface area contributed by atoms with Gasteiger partial charge in [-0.2, -0.15) is 0 Å². The molecule has 1 aromatic rings. The van der Waals surface area contributed by atoms with E-state index >= 15 is 0 Å². The van der Waals surface area contributed by atoms with Gasteiger partial charge in [-0.1, -0.05) is 6.08 Å². The number of hydrogen-bond acceptors (Lipinski definition) is 2. The Morgan fingerprint density at radius 2 is 2.21 bits per heavy atom. The van der Waals surface area contributed by atoms with Gasteiger partial charge in [-0.3, -0.25) is 0 Å². The van der Waals surface area contributed by atoms with E-state index in [1.807, 2.05) is 12.2 Å². The summed E-state index contributed by atoms with van der Waals surface area (Å²) in [5.41, 5.74) is 0.793. The molecule has 0 spiro atoms. The number of hydrogen-bond donors (Lipinski definition) is 0. The molecule has 1 fully saturated rings. The van der Waals surface area contributed by atoms with Crippen LogP contribution in [0.15, 0.2) is 24.3 Å². The molecule has 3 rings (SSSR count). The van der Waals surface area contributed by atoms with Crippen LogP contribution in [0.4, 0.5) is 4.39 Å². The molecule has 2 aliphatic rings. The fraction of sp³-hybridized carbons (Fsp3) is 0.273. The summed E-state index contributed by atoms with van der Waals surface area (Å²) < 4.78 is 23.6. The summed E-state index contributed by atoms with van der Waals surface area (Å²) in [4.78, 5) is 0. The van der Waals surface area contributed by atoms with Gasteiger partial charge in [0.15, 0.2) is 0 Å². The predicted molar refractivity (Wildman–Crippen MR) is 49.6 cm³/mol. The Morgan fingerprint density at radius 3 is 3.00 bits per heavy atom. The van der Waals surface area contributed by atoms with E-state index in [-0.39, 0.29) is 18.0 Å². The Balaban J connectivity index is 1.93. The lowest BCUT2D eigenvalue weighted by Crippen LogP contribution is -2.22. The molecule has 0 unspecified atom stereocenters. The van der Waals surface area contributed by atoms with Gasteiger partial charge in [-0.25, -0.2) is 4.39 Å². The second-order valence-corrected chi connectivity index (χ2v) is 3.50. The van der Waals surface area contributed by atoms with E-state index in [9.17, 15) is 4.39 Å². The molecule has 14 heavy (non-hydrogen) atoms. The van der Waals surface area contributed by atoms with Crippen LogP contribution in [-0.4, -0.2) is 18.8 Å². The van der Waals surface area contributed by atoms with Crippen molar-refractivity contribution >= 4 is 6.08 Å². The molecule has 2 aliphatic heterocycles. The maximum atomic E-state index is 12.8. The lowest BCUT2D eigenvalue weighted by Gasteiger charge is -2.19. The van der Waals surface area contributed by atoms with Gasteiger partial charge in [0.1, 0.15) is 23.8 Å². The summed E-state index contributed by atoms with van der Waals surface area (Å²) in [6, 6.07) is 4.53. The molecule has 1 aromatic carbocycles. The van der Waals surface area contributed by atoms with Gasteiger partial charge in [0.2, 0.25) is 0 Å². The average molecular weight is 192 g/mol. The van der Waals surface area contributed by atoms with E-state index < -0.39 is 0 Å². The minimum absolute atomic E-state index is 0.00652. The highest BCUT2D eigenvalue weighted by Gasteiger charge is 2.34. The standard InChI is InChI=1S/C11H9FO2/c12-8-2-4-9-7(5-8)1-3-10(14-9)11-6-13-11/h1-5,10-11H,6H2/t10-,11-/m0/s1. The number of epoxide rings is 1. The normalized spacial score (nSPS) is 28.1. The van der Waals surface area contributed by atoms with Crippen LogP contribution in [-0.2, 0) is 4.74 Å². The van der Waals surface area contributed by atoms with Crippen LogP contribution in [0.25, 0.3) is 6.08 Å². The van der Waals surface area contributed by atoms with Crippen molar-refractivity contribution in [2.75, 3.05) is 6.61 Å². The number of benzene rings is 1. The van der Waals surface area contributed by atoms with E-state index in [1.165, 1.54) is 12.1 Å². The zero-order chi connectivity index (χ0) is 9.54. The molecule has 0 N–H and O–H groups in total. The zero-order valence-corrected chi connectivity index (χ0v) is 7.44. The van der Waals surface area contributed by atoms with Crippen molar-refractivity contribution in [1.82, 2.24) is 0 Å². The van der Waals surface area contributed by atoms with Crippen LogP contribution in [0, 0.1) is 5.82 Å². The van der Waals surface area contributed by atoms with Gasteiger partial charge in [-0.15, -0.1) is 0 Å². The molecule has 0 aromatic heterocycles. The number of ether oxygens (including phenoxy) is 2. The SMILES string of the molecule is Fc1ccc2c(c1)C=C[C@@H]([C@@H]1CO1)O2. The minimum Gasteiger partial charge on any atom is -0.483 e. The molecular formula is C11H9FO2. The molecule has 0 saturated carbocycles. The molecule has 2 nitrogen and oxygen atoms in total. The Morgan fingerprint density at radius 1 is 1.36 bits per heavy atom. The van der Waals surface area contributed by atoms with Gasteiger partial charge in [-0.05, 0) is 24.3 Å². The van der Waals surface area contributed by atoms with Crippen molar-refractivity contribution in [2.45, 2.75) is 12.2 Å². The molecule has 72 valence electrons. The molecule has 0 aliphatic carbocycles. The second kappa shape index (κ2) is 2.82. The third kappa shape index (κ3) is 1.30. The van der Waals surface area contributed by atoms with Gasteiger partial charge < -0.3 is 9.47 Å². The second-order valence-electron chi connectivity index (χ2n) is 3.50. The summed E-state index contributed by atoms with van der Waals surface area (Å²) in [6.45, 7) is 0.755. The summed E-state index contributed by atoms with van der Waals surface area (Å²) >= 11 is 0. The van der Waals surface area contributed by atoms with E-state index in [2.05, 4.69) is 0 Å². The van der Waals surface area contributed by atoms with Crippen LogP contribution >= 0.6 is 0 Å². The van der Waals surface area contributed by atoms with E-state index in [0.717, 1.165) is 17.9 Å². The van der Waals surface area contributed by atoms with Crippen molar-refractivity contribution in [3.05, 3.63) is 35.7 Å². The van der Waals surface area contributed by atoms with Crippen molar-refractivity contribution in [3.8, 4) is 5.75 Å². The quantitative estimate of drug-likeness (QED) is 0.635. The van der Waals surface area contributed by atoms with Crippen LogP contribution in [0.5, 0.6) is 5.75 Å². The van der Waals surface area contributed by atoms with Crippen LogP contribution in [0.1, 0.15) is 5.56 Å². The van der Waals surface area contributed by atoms with E-state index in [1.54, 1.807) is 6.07 Å². The lowest BCUT2D eigenvalue weighted by molar-refractivity contribution is 0.197. The van der Waals surface area contributed by atoms with Crippen molar-refractivity contribution in [2.24, 2.45) is 0 Å². The highest BCUT2D eigenvalue weighted by atomic mass is 19.1. The average Bonchev–Trinajstić information content (AvgIpc) is 3.00. The van der Waals surface area contributed by atoms with Crippen LogP contribution in [0.2, 0.25) is 0 Å². The predicted octanol–water partition coefficient (Wildman–Crippen LogP) is 2.00. The molecule has 3 heteroatoms. The molecule has 1 saturated heterocycles. The highest BCUT2D eigenvalue weighted by Crippen LogP contribution is 2.30. The Bertz CT molecular complexity index is 396. The maximum absolute atomic E-state index is 12.8.